The Bertz CT molecular complexity index is 770. The van der Waals surface area contributed by atoms with Gasteiger partial charge in [0.15, 0.2) is 4.96 Å². The molecule has 0 radical (unpaired) electrons. The molecule has 1 aliphatic carbocycles. The van der Waals surface area contributed by atoms with Gasteiger partial charge < -0.3 is 9.84 Å². The summed E-state index contributed by atoms with van der Waals surface area (Å²) in [6.07, 6.45) is 4.14. The van der Waals surface area contributed by atoms with Gasteiger partial charge in [-0.15, -0.1) is 0 Å². The minimum Gasteiger partial charge on any atom is -0.497 e. The van der Waals surface area contributed by atoms with Gasteiger partial charge >= 0.3 is 0 Å². The van der Waals surface area contributed by atoms with Gasteiger partial charge in [-0.2, -0.15) is 0 Å². The summed E-state index contributed by atoms with van der Waals surface area (Å²) in [5, 5.41) is 9.50. The summed E-state index contributed by atoms with van der Waals surface area (Å²) in [6.45, 7) is 0.194. The number of ether oxygens (including phenoxy) is 1. The van der Waals surface area contributed by atoms with E-state index >= 15 is 0 Å². The Kier molecular flexibility index (Phi) is 2.20. The molecule has 0 unspecified atom stereocenters. The van der Waals surface area contributed by atoms with Crippen LogP contribution >= 0.6 is 11.3 Å². The number of rotatable bonds is 3. The van der Waals surface area contributed by atoms with E-state index in [4.69, 9.17) is 9.72 Å². The molecule has 0 amide bonds. The lowest BCUT2D eigenvalue weighted by molar-refractivity contribution is 0.253. The van der Waals surface area contributed by atoms with E-state index in [0.717, 1.165) is 34.8 Å². The second-order valence-corrected chi connectivity index (χ2v) is 6.16. The van der Waals surface area contributed by atoms with Gasteiger partial charge in [0.25, 0.3) is 0 Å². The fourth-order valence-corrected chi connectivity index (χ4v) is 3.49. The standard InChI is InChI=1S/C14H14N2O2S/c1-18-9-2-3-11-10(6-9)16-7-12(15-13(16)19-11)14(8-17)4-5-14/h2-3,6-7,17H,4-5,8H2,1H3. The highest BCUT2D eigenvalue weighted by atomic mass is 32.1. The molecule has 3 aromatic rings. The van der Waals surface area contributed by atoms with E-state index in [9.17, 15) is 5.11 Å². The zero-order chi connectivity index (χ0) is 13.0. The van der Waals surface area contributed by atoms with Crippen molar-refractivity contribution in [3.05, 3.63) is 30.1 Å². The van der Waals surface area contributed by atoms with Gasteiger partial charge in [-0.05, 0) is 25.0 Å². The Balaban J connectivity index is 1.94. The molecule has 4 rings (SSSR count). The lowest BCUT2D eigenvalue weighted by Crippen LogP contribution is -2.11. The number of hydrogen-bond acceptors (Lipinski definition) is 4. The summed E-state index contributed by atoms with van der Waals surface area (Å²) < 4.78 is 8.58. The van der Waals surface area contributed by atoms with Crippen molar-refractivity contribution in [3.8, 4) is 5.75 Å². The molecule has 2 heterocycles. The maximum atomic E-state index is 9.50. The molecule has 98 valence electrons. The van der Waals surface area contributed by atoms with Crippen LogP contribution in [0.2, 0.25) is 0 Å². The molecular formula is C14H14N2O2S. The zero-order valence-electron chi connectivity index (χ0n) is 10.6. The molecule has 0 saturated heterocycles. The molecule has 1 saturated carbocycles. The number of nitrogens with zero attached hydrogens (tertiary/aromatic N) is 2. The Morgan fingerprint density at radius 1 is 1.47 bits per heavy atom. The van der Waals surface area contributed by atoms with Gasteiger partial charge in [0.1, 0.15) is 5.75 Å². The summed E-state index contributed by atoms with van der Waals surface area (Å²) in [4.78, 5) is 5.68. The van der Waals surface area contributed by atoms with Crippen molar-refractivity contribution in [1.29, 1.82) is 0 Å². The van der Waals surface area contributed by atoms with Crippen LogP contribution in [-0.4, -0.2) is 28.2 Å². The van der Waals surface area contributed by atoms with Crippen LogP contribution in [0.3, 0.4) is 0 Å². The number of imidazole rings is 1. The average molecular weight is 274 g/mol. The van der Waals surface area contributed by atoms with Crippen molar-refractivity contribution >= 4 is 26.5 Å². The molecule has 1 fully saturated rings. The van der Waals surface area contributed by atoms with Gasteiger partial charge in [-0.25, -0.2) is 4.98 Å². The topological polar surface area (TPSA) is 46.8 Å². The zero-order valence-corrected chi connectivity index (χ0v) is 11.4. The van der Waals surface area contributed by atoms with E-state index < -0.39 is 0 Å². The first-order chi connectivity index (χ1) is 9.25. The average Bonchev–Trinajstić information content (AvgIpc) is 3.02. The maximum Gasteiger partial charge on any atom is 0.194 e. The first kappa shape index (κ1) is 11.3. The van der Waals surface area contributed by atoms with E-state index in [0.29, 0.717) is 0 Å². The van der Waals surface area contributed by atoms with Gasteiger partial charge in [0.05, 0.1) is 29.6 Å². The predicted molar refractivity (Wildman–Crippen MR) is 75.1 cm³/mol. The van der Waals surface area contributed by atoms with Gasteiger partial charge in [-0.1, -0.05) is 11.3 Å². The molecular weight excluding hydrogens is 260 g/mol. The molecule has 0 aliphatic heterocycles. The Labute approximate surface area is 114 Å². The molecule has 0 atom stereocenters. The number of aliphatic hydroxyl groups is 1. The third-order valence-corrected chi connectivity index (χ3v) is 5.04. The van der Waals surface area contributed by atoms with Gasteiger partial charge in [0.2, 0.25) is 0 Å². The minimum atomic E-state index is -0.0725. The number of methoxy groups -OCH3 is 1. The molecule has 0 bridgehead atoms. The Morgan fingerprint density at radius 2 is 2.32 bits per heavy atom. The second-order valence-electron chi connectivity index (χ2n) is 5.15. The largest absolute Gasteiger partial charge is 0.497 e. The third kappa shape index (κ3) is 1.52. The van der Waals surface area contributed by atoms with Crippen molar-refractivity contribution < 1.29 is 9.84 Å². The quantitative estimate of drug-likeness (QED) is 0.798. The van der Waals surface area contributed by atoms with Crippen LogP contribution in [-0.2, 0) is 5.41 Å². The van der Waals surface area contributed by atoms with Crippen LogP contribution in [0.5, 0.6) is 5.75 Å². The highest BCUT2D eigenvalue weighted by Crippen LogP contribution is 2.47. The third-order valence-electron chi connectivity index (χ3n) is 4.00. The lowest BCUT2D eigenvalue weighted by atomic mass is 10.1. The van der Waals surface area contributed by atoms with Crippen molar-refractivity contribution in [2.45, 2.75) is 18.3 Å². The molecule has 0 spiro atoms. The number of thiazole rings is 1. The van der Waals surface area contributed by atoms with Crippen LogP contribution in [0, 0.1) is 0 Å². The van der Waals surface area contributed by atoms with Crippen LogP contribution in [0.4, 0.5) is 0 Å². The lowest BCUT2D eigenvalue weighted by Gasteiger charge is -2.06. The van der Waals surface area contributed by atoms with Crippen molar-refractivity contribution in [1.82, 2.24) is 9.38 Å². The highest BCUT2D eigenvalue weighted by molar-refractivity contribution is 7.23. The van der Waals surface area contributed by atoms with Crippen LogP contribution in [0.1, 0.15) is 18.5 Å². The number of benzene rings is 1. The van der Waals surface area contributed by atoms with E-state index in [1.165, 1.54) is 4.70 Å². The smallest absolute Gasteiger partial charge is 0.194 e. The molecule has 19 heavy (non-hydrogen) atoms. The summed E-state index contributed by atoms with van der Waals surface area (Å²) in [7, 11) is 1.68. The summed E-state index contributed by atoms with van der Waals surface area (Å²) in [5.41, 5.74) is 2.06. The predicted octanol–water partition coefficient (Wildman–Crippen LogP) is 2.58. The van der Waals surface area contributed by atoms with Gasteiger partial charge in [0, 0.05) is 17.7 Å². The molecule has 1 aromatic carbocycles. The van der Waals surface area contributed by atoms with Crippen molar-refractivity contribution in [2.24, 2.45) is 0 Å². The van der Waals surface area contributed by atoms with Crippen molar-refractivity contribution in [2.75, 3.05) is 13.7 Å². The molecule has 5 heteroatoms. The minimum absolute atomic E-state index is 0.0725. The van der Waals surface area contributed by atoms with Gasteiger partial charge in [-0.3, -0.25) is 4.40 Å². The summed E-state index contributed by atoms with van der Waals surface area (Å²) in [5.74, 6) is 0.853. The number of hydrogen-bond donors (Lipinski definition) is 1. The SMILES string of the molecule is COc1ccc2sc3nc(C4(CO)CC4)cn3c2c1. The highest BCUT2D eigenvalue weighted by Gasteiger charge is 2.46. The number of aromatic nitrogens is 2. The molecule has 1 aliphatic rings. The Morgan fingerprint density at radius 3 is 3.00 bits per heavy atom. The summed E-state index contributed by atoms with van der Waals surface area (Å²) in [6, 6.07) is 6.06. The molecule has 4 nitrogen and oxygen atoms in total. The Hall–Kier alpha value is -1.59. The molecule has 2 aromatic heterocycles. The van der Waals surface area contributed by atoms with Crippen molar-refractivity contribution in [3.63, 3.8) is 0 Å². The molecule has 1 N–H and O–H groups in total. The van der Waals surface area contributed by atoms with E-state index in [-0.39, 0.29) is 12.0 Å². The number of fused-ring (bicyclic) bond motifs is 3. The second kappa shape index (κ2) is 3.71. The summed E-state index contributed by atoms with van der Waals surface area (Å²) >= 11 is 1.67. The fourth-order valence-electron chi connectivity index (χ4n) is 2.51. The van der Waals surface area contributed by atoms with E-state index in [1.54, 1.807) is 18.4 Å². The first-order valence-electron chi connectivity index (χ1n) is 6.33. The van der Waals surface area contributed by atoms with Crippen LogP contribution in [0.25, 0.3) is 15.2 Å². The number of aliphatic hydroxyl groups excluding tert-OH is 1. The fraction of sp³-hybridized carbons (Fsp3) is 0.357. The van der Waals surface area contributed by atoms with Crippen LogP contribution in [0.15, 0.2) is 24.4 Å². The van der Waals surface area contributed by atoms with E-state index in [1.807, 2.05) is 12.1 Å². The van der Waals surface area contributed by atoms with E-state index in [2.05, 4.69) is 16.7 Å². The maximum absolute atomic E-state index is 9.50. The normalized spacial score (nSPS) is 17.2. The monoisotopic (exact) mass is 274 g/mol. The van der Waals surface area contributed by atoms with Crippen LogP contribution < -0.4 is 4.74 Å². The first-order valence-corrected chi connectivity index (χ1v) is 7.14.